The smallest absolute Gasteiger partial charge is 0.253 e. The summed E-state index contributed by atoms with van der Waals surface area (Å²) < 4.78 is 28.2. The van der Waals surface area contributed by atoms with Crippen LogP contribution in [0.25, 0.3) is 11.3 Å². The van der Waals surface area contributed by atoms with Gasteiger partial charge in [0, 0.05) is 29.7 Å². The molecule has 0 unspecified atom stereocenters. The normalized spacial score (nSPS) is 11.4. The van der Waals surface area contributed by atoms with Crippen LogP contribution in [0.2, 0.25) is 5.02 Å². The molecule has 0 aliphatic carbocycles. The van der Waals surface area contributed by atoms with Crippen molar-refractivity contribution >= 4 is 21.6 Å². The molecule has 1 N–H and O–H groups in total. The lowest BCUT2D eigenvalue weighted by molar-refractivity contribution is 0.569. The summed E-state index contributed by atoms with van der Waals surface area (Å²) in [7, 11) is -3.66. The van der Waals surface area contributed by atoms with Crippen LogP contribution in [0.5, 0.6) is 0 Å². The van der Waals surface area contributed by atoms with Crippen molar-refractivity contribution in [3.8, 4) is 11.3 Å². The Labute approximate surface area is 156 Å². The molecule has 3 rings (SSSR count). The van der Waals surface area contributed by atoms with Gasteiger partial charge in [-0.15, -0.1) is 0 Å². The molecule has 0 aliphatic rings. The highest BCUT2D eigenvalue weighted by Crippen LogP contribution is 2.14. The average Bonchev–Trinajstić information content (AvgIpc) is 2.64. The number of nitrogens with one attached hydrogen (secondary N) is 1. The van der Waals surface area contributed by atoms with E-state index >= 15 is 0 Å². The largest absolute Gasteiger partial charge is 0.298 e. The van der Waals surface area contributed by atoms with Gasteiger partial charge in [-0.2, -0.15) is 0 Å². The summed E-state index contributed by atoms with van der Waals surface area (Å²) >= 11 is 5.76. The van der Waals surface area contributed by atoms with Crippen LogP contribution in [0.4, 0.5) is 0 Å². The Bertz CT molecular complexity index is 1050. The third-order valence-electron chi connectivity index (χ3n) is 3.72. The second-order valence-electron chi connectivity index (χ2n) is 5.52. The SMILES string of the molecule is O=c1cc(-c2ccccc2)ncn1CCNS(=O)(=O)c1ccc(Cl)cc1. The van der Waals surface area contributed by atoms with E-state index in [0.717, 1.165) is 5.56 Å². The van der Waals surface area contributed by atoms with Crippen molar-refractivity contribution in [1.82, 2.24) is 14.3 Å². The van der Waals surface area contributed by atoms with Crippen molar-refractivity contribution in [3.05, 3.63) is 82.4 Å². The molecule has 1 aromatic heterocycles. The zero-order chi connectivity index (χ0) is 18.6. The molecule has 6 nitrogen and oxygen atoms in total. The summed E-state index contributed by atoms with van der Waals surface area (Å²) in [5, 5.41) is 0.458. The number of hydrogen-bond acceptors (Lipinski definition) is 4. The predicted octanol–water partition coefficient (Wildman–Crippen LogP) is 2.54. The van der Waals surface area contributed by atoms with E-state index in [9.17, 15) is 13.2 Å². The Morgan fingerprint density at radius 3 is 2.38 bits per heavy atom. The Morgan fingerprint density at radius 1 is 1.04 bits per heavy atom. The van der Waals surface area contributed by atoms with Crippen molar-refractivity contribution in [2.45, 2.75) is 11.4 Å². The summed E-state index contributed by atoms with van der Waals surface area (Å²) in [6, 6.07) is 16.7. The van der Waals surface area contributed by atoms with Crippen LogP contribution in [0.3, 0.4) is 0 Å². The van der Waals surface area contributed by atoms with Crippen LogP contribution in [0.1, 0.15) is 0 Å². The van der Waals surface area contributed by atoms with E-state index in [2.05, 4.69) is 9.71 Å². The summed E-state index contributed by atoms with van der Waals surface area (Å²) in [6.45, 7) is 0.241. The third kappa shape index (κ3) is 4.37. The highest BCUT2D eigenvalue weighted by Gasteiger charge is 2.13. The molecule has 0 amide bonds. The molecule has 2 aromatic carbocycles. The molecular weight excluding hydrogens is 374 g/mol. The molecule has 0 saturated carbocycles. The number of halogens is 1. The van der Waals surface area contributed by atoms with E-state index in [4.69, 9.17) is 11.6 Å². The first-order valence-corrected chi connectivity index (χ1v) is 9.69. The van der Waals surface area contributed by atoms with Crippen molar-refractivity contribution in [2.24, 2.45) is 0 Å². The van der Waals surface area contributed by atoms with Gasteiger partial charge in [-0.05, 0) is 24.3 Å². The summed E-state index contributed by atoms with van der Waals surface area (Å²) in [5.41, 5.74) is 1.18. The Balaban J connectivity index is 1.67. The summed E-state index contributed by atoms with van der Waals surface area (Å²) in [5.74, 6) is 0. The quantitative estimate of drug-likeness (QED) is 0.702. The van der Waals surface area contributed by atoms with Gasteiger partial charge in [0.05, 0.1) is 16.9 Å². The first-order valence-electron chi connectivity index (χ1n) is 7.83. The zero-order valence-corrected chi connectivity index (χ0v) is 15.2. The molecule has 26 heavy (non-hydrogen) atoms. The van der Waals surface area contributed by atoms with Crippen LogP contribution in [0.15, 0.2) is 76.7 Å². The van der Waals surface area contributed by atoms with Crippen molar-refractivity contribution < 1.29 is 8.42 Å². The topological polar surface area (TPSA) is 81.1 Å². The van der Waals surface area contributed by atoms with E-state index in [1.807, 2.05) is 30.3 Å². The Morgan fingerprint density at radius 2 is 1.73 bits per heavy atom. The summed E-state index contributed by atoms with van der Waals surface area (Å²) in [4.78, 5) is 16.6. The number of benzene rings is 2. The Hall–Kier alpha value is -2.48. The van der Waals surface area contributed by atoms with E-state index in [1.165, 1.54) is 41.2 Å². The minimum absolute atomic E-state index is 0.0667. The number of nitrogens with zero attached hydrogens (tertiary/aromatic N) is 2. The van der Waals surface area contributed by atoms with Gasteiger partial charge in [-0.25, -0.2) is 18.1 Å². The Kier molecular flexibility index (Phi) is 5.51. The second kappa shape index (κ2) is 7.82. The fourth-order valence-electron chi connectivity index (χ4n) is 2.36. The minimum atomic E-state index is -3.66. The van der Waals surface area contributed by atoms with Gasteiger partial charge < -0.3 is 0 Å². The van der Waals surface area contributed by atoms with Gasteiger partial charge in [-0.3, -0.25) is 9.36 Å². The number of aromatic nitrogens is 2. The summed E-state index contributed by atoms with van der Waals surface area (Å²) in [6.07, 6.45) is 1.42. The molecule has 1 heterocycles. The second-order valence-corrected chi connectivity index (χ2v) is 7.73. The van der Waals surface area contributed by atoms with Crippen LogP contribution in [0, 0.1) is 0 Å². The fourth-order valence-corrected chi connectivity index (χ4v) is 3.51. The van der Waals surface area contributed by atoms with Gasteiger partial charge in [0.15, 0.2) is 0 Å². The van der Waals surface area contributed by atoms with Crippen LogP contribution >= 0.6 is 11.6 Å². The first kappa shape index (κ1) is 18.3. The zero-order valence-electron chi connectivity index (χ0n) is 13.7. The van der Waals surface area contributed by atoms with Gasteiger partial charge in [-0.1, -0.05) is 41.9 Å². The van der Waals surface area contributed by atoms with Gasteiger partial charge in [0.25, 0.3) is 5.56 Å². The van der Waals surface area contributed by atoms with Crippen LogP contribution < -0.4 is 10.3 Å². The van der Waals surface area contributed by atoms with Crippen LogP contribution in [-0.2, 0) is 16.6 Å². The fraction of sp³-hybridized carbons (Fsp3) is 0.111. The molecule has 0 fully saturated rings. The lowest BCUT2D eigenvalue weighted by atomic mass is 10.1. The molecule has 3 aromatic rings. The lowest BCUT2D eigenvalue weighted by Gasteiger charge is -2.09. The highest BCUT2D eigenvalue weighted by atomic mass is 35.5. The van der Waals surface area contributed by atoms with Crippen molar-refractivity contribution in [1.29, 1.82) is 0 Å². The molecule has 0 spiro atoms. The molecule has 8 heteroatoms. The maximum atomic E-state index is 12.2. The molecular formula is C18H16ClN3O3S. The van der Waals surface area contributed by atoms with E-state index in [0.29, 0.717) is 10.7 Å². The molecule has 0 saturated heterocycles. The molecule has 0 atom stereocenters. The monoisotopic (exact) mass is 389 g/mol. The highest BCUT2D eigenvalue weighted by molar-refractivity contribution is 7.89. The lowest BCUT2D eigenvalue weighted by Crippen LogP contribution is -2.30. The van der Waals surface area contributed by atoms with E-state index < -0.39 is 10.0 Å². The number of sulfonamides is 1. The number of hydrogen-bond donors (Lipinski definition) is 1. The van der Waals surface area contributed by atoms with Crippen molar-refractivity contribution in [2.75, 3.05) is 6.54 Å². The molecule has 0 aliphatic heterocycles. The first-order chi connectivity index (χ1) is 12.5. The van der Waals surface area contributed by atoms with Gasteiger partial charge in [0.1, 0.15) is 0 Å². The molecule has 0 radical (unpaired) electrons. The average molecular weight is 390 g/mol. The molecule has 134 valence electrons. The predicted molar refractivity (Wildman–Crippen MR) is 101 cm³/mol. The van der Waals surface area contributed by atoms with Gasteiger partial charge in [0.2, 0.25) is 10.0 Å². The number of rotatable bonds is 6. The maximum absolute atomic E-state index is 12.2. The standard InChI is InChI=1S/C18H16ClN3O3S/c19-15-6-8-16(9-7-15)26(24,25)21-10-11-22-13-20-17(12-18(22)23)14-4-2-1-3-5-14/h1-9,12-13,21H,10-11H2. The molecule has 0 bridgehead atoms. The maximum Gasteiger partial charge on any atom is 0.253 e. The van der Waals surface area contributed by atoms with Gasteiger partial charge >= 0.3 is 0 Å². The third-order valence-corrected chi connectivity index (χ3v) is 5.45. The van der Waals surface area contributed by atoms with E-state index in [1.54, 1.807) is 0 Å². The van der Waals surface area contributed by atoms with Crippen LogP contribution in [-0.4, -0.2) is 24.5 Å². The minimum Gasteiger partial charge on any atom is -0.298 e. The van der Waals surface area contributed by atoms with E-state index in [-0.39, 0.29) is 23.5 Å². The van der Waals surface area contributed by atoms with Crippen molar-refractivity contribution in [3.63, 3.8) is 0 Å².